The average Bonchev–Trinajstić information content (AvgIpc) is 2.77. The molecule has 2 rings (SSSR count). The second kappa shape index (κ2) is 5.02. The molecule has 0 bridgehead atoms. The molecule has 2 nitrogen and oxygen atoms in total. The van der Waals surface area contributed by atoms with Crippen LogP contribution in [-0.2, 0) is 6.42 Å². The summed E-state index contributed by atoms with van der Waals surface area (Å²) in [6.45, 7) is 1.95. The van der Waals surface area contributed by atoms with Crippen molar-refractivity contribution in [3.63, 3.8) is 0 Å². The summed E-state index contributed by atoms with van der Waals surface area (Å²) in [5, 5.41) is 3.74. The predicted octanol–water partition coefficient (Wildman–Crippen LogP) is 2.64. The molecule has 0 radical (unpaired) electrons. The van der Waals surface area contributed by atoms with E-state index in [0.717, 1.165) is 19.5 Å². The van der Waals surface area contributed by atoms with Gasteiger partial charge in [-0.3, -0.25) is 0 Å². The number of hydrogen-bond donors (Lipinski definition) is 1. The molecule has 1 aliphatic rings. The molecule has 1 saturated heterocycles. The second-order valence-corrected chi connectivity index (χ2v) is 4.51. The molecule has 88 valence electrons. The predicted molar refractivity (Wildman–Crippen MR) is 62.6 cm³/mol. The lowest BCUT2D eigenvalue weighted by Gasteiger charge is -2.14. The zero-order valence-corrected chi connectivity index (χ0v) is 9.98. The van der Waals surface area contributed by atoms with Crippen LogP contribution in [0, 0.1) is 11.7 Å². The van der Waals surface area contributed by atoms with Crippen molar-refractivity contribution in [2.24, 2.45) is 5.92 Å². The number of benzene rings is 1. The van der Waals surface area contributed by atoms with Gasteiger partial charge >= 0.3 is 0 Å². The summed E-state index contributed by atoms with van der Waals surface area (Å²) in [6, 6.07) is 2.94. The molecule has 0 amide bonds. The third kappa shape index (κ3) is 2.30. The summed E-state index contributed by atoms with van der Waals surface area (Å²) >= 11 is 5.98. The van der Waals surface area contributed by atoms with Gasteiger partial charge in [0, 0.05) is 5.56 Å². The molecular formula is C12H15ClFNO. The maximum absolute atomic E-state index is 13.7. The fourth-order valence-corrected chi connectivity index (χ4v) is 2.42. The Morgan fingerprint density at radius 1 is 1.56 bits per heavy atom. The Bertz CT molecular complexity index is 378. The van der Waals surface area contributed by atoms with Crippen LogP contribution in [0.2, 0.25) is 5.02 Å². The Labute approximate surface area is 99.7 Å². The van der Waals surface area contributed by atoms with Crippen LogP contribution in [-0.4, -0.2) is 20.2 Å². The Morgan fingerprint density at radius 2 is 2.38 bits per heavy atom. The Hall–Kier alpha value is -0.800. The fraction of sp³-hybridized carbons (Fsp3) is 0.500. The molecule has 1 aromatic rings. The van der Waals surface area contributed by atoms with E-state index in [1.54, 1.807) is 0 Å². The number of rotatable bonds is 3. The van der Waals surface area contributed by atoms with Crippen molar-refractivity contribution in [2.45, 2.75) is 12.8 Å². The zero-order valence-electron chi connectivity index (χ0n) is 9.22. The standard InChI is InChI=1S/C12H15ClFNO/c1-16-12-9(6-8-4-5-15-7-8)11(14)3-2-10(12)13/h2-3,8,15H,4-7H2,1H3. The van der Waals surface area contributed by atoms with Gasteiger partial charge in [0.2, 0.25) is 0 Å². The highest BCUT2D eigenvalue weighted by Gasteiger charge is 2.20. The lowest BCUT2D eigenvalue weighted by molar-refractivity contribution is 0.399. The van der Waals surface area contributed by atoms with Gasteiger partial charge in [0.1, 0.15) is 11.6 Å². The third-order valence-electron chi connectivity index (χ3n) is 3.01. The van der Waals surface area contributed by atoms with Gasteiger partial charge in [-0.25, -0.2) is 4.39 Å². The minimum atomic E-state index is -0.229. The van der Waals surface area contributed by atoms with Gasteiger partial charge in [-0.05, 0) is 44.0 Å². The van der Waals surface area contributed by atoms with E-state index in [9.17, 15) is 4.39 Å². The lowest BCUT2D eigenvalue weighted by Crippen LogP contribution is -2.12. The molecule has 0 aliphatic carbocycles. The molecule has 0 saturated carbocycles. The smallest absolute Gasteiger partial charge is 0.143 e. The largest absolute Gasteiger partial charge is 0.495 e. The molecule has 1 atom stereocenters. The van der Waals surface area contributed by atoms with Crippen molar-refractivity contribution in [3.8, 4) is 5.75 Å². The first-order valence-electron chi connectivity index (χ1n) is 5.44. The van der Waals surface area contributed by atoms with Crippen LogP contribution in [0.1, 0.15) is 12.0 Å². The van der Waals surface area contributed by atoms with E-state index >= 15 is 0 Å². The average molecular weight is 244 g/mol. The quantitative estimate of drug-likeness (QED) is 0.881. The summed E-state index contributed by atoms with van der Waals surface area (Å²) in [4.78, 5) is 0. The van der Waals surface area contributed by atoms with E-state index in [2.05, 4.69) is 5.32 Å². The van der Waals surface area contributed by atoms with Crippen LogP contribution < -0.4 is 10.1 Å². The minimum Gasteiger partial charge on any atom is -0.495 e. The second-order valence-electron chi connectivity index (χ2n) is 4.10. The molecule has 1 aliphatic heterocycles. The first-order chi connectivity index (χ1) is 7.72. The van der Waals surface area contributed by atoms with Crippen LogP contribution in [0.5, 0.6) is 5.75 Å². The fourth-order valence-electron chi connectivity index (χ4n) is 2.16. The van der Waals surface area contributed by atoms with Crippen molar-refractivity contribution in [1.29, 1.82) is 0 Å². The maximum atomic E-state index is 13.7. The molecule has 0 spiro atoms. The number of halogens is 2. The van der Waals surface area contributed by atoms with Gasteiger partial charge in [0.25, 0.3) is 0 Å². The first kappa shape index (κ1) is 11.7. The Balaban J connectivity index is 2.26. The number of methoxy groups -OCH3 is 1. The van der Waals surface area contributed by atoms with Crippen molar-refractivity contribution in [2.75, 3.05) is 20.2 Å². The monoisotopic (exact) mass is 243 g/mol. The molecule has 1 unspecified atom stereocenters. The molecule has 1 fully saturated rings. The van der Waals surface area contributed by atoms with Crippen LogP contribution in [0.4, 0.5) is 4.39 Å². The highest BCUT2D eigenvalue weighted by atomic mass is 35.5. The highest BCUT2D eigenvalue weighted by molar-refractivity contribution is 6.32. The van der Waals surface area contributed by atoms with Crippen molar-refractivity contribution < 1.29 is 9.13 Å². The van der Waals surface area contributed by atoms with Crippen molar-refractivity contribution >= 4 is 11.6 Å². The van der Waals surface area contributed by atoms with Crippen molar-refractivity contribution in [3.05, 3.63) is 28.5 Å². The van der Waals surface area contributed by atoms with E-state index in [1.165, 1.54) is 19.2 Å². The first-order valence-corrected chi connectivity index (χ1v) is 5.81. The highest BCUT2D eigenvalue weighted by Crippen LogP contribution is 2.33. The van der Waals surface area contributed by atoms with Gasteiger partial charge in [-0.1, -0.05) is 11.6 Å². The molecular weight excluding hydrogens is 229 g/mol. The Morgan fingerprint density at radius 3 is 3.00 bits per heavy atom. The molecule has 0 aromatic heterocycles. The van der Waals surface area contributed by atoms with Crippen LogP contribution >= 0.6 is 11.6 Å². The number of hydrogen-bond acceptors (Lipinski definition) is 2. The van der Waals surface area contributed by atoms with E-state index in [0.29, 0.717) is 28.7 Å². The lowest BCUT2D eigenvalue weighted by atomic mass is 9.97. The molecule has 16 heavy (non-hydrogen) atoms. The zero-order chi connectivity index (χ0) is 11.5. The van der Waals surface area contributed by atoms with Crippen LogP contribution in [0.15, 0.2) is 12.1 Å². The van der Waals surface area contributed by atoms with Crippen LogP contribution in [0.25, 0.3) is 0 Å². The topological polar surface area (TPSA) is 21.3 Å². The van der Waals surface area contributed by atoms with E-state index in [-0.39, 0.29) is 5.82 Å². The number of ether oxygens (including phenoxy) is 1. The van der Waals surface area contributed by atoms with Gasteiger partial charge in [0.15, 0.2) is 0 Å². The normalized spacial score (nSPS) is 20.1. The number of nitrogens with one attached hydrogen (secondary N) is 1. The maximum Gasteiger partial charge on any atom is 0.143 e. The molecule has 1 aromatic carbocycles. The summed E-state index contributed by atoms with van der Waals surface area (Å²) < 4.78 is 18.9. The van der Waals surface area contributed by atoms with Crippen LogP contribution in [0.3, 0.4) is 0 Å². The third-order valence-corrected chi connectivity index (χ3v) is 3.31. The van der Waals surface area contributed by atoms with Gasteiger partial charge < -0.3 is 10.1 Å². The summed E-state index contributed by atoms with van der Waals surface area (Å²) in [5.41, 5.74) is 0.601. The van der Waals surface area contributed by atoms with Gasteiger partial charge in [0.05, 0.1) is 12.1 Å². The summed E-state index contributed by atoms with van der Waals surface area (Å²) in [7, 11) is 1.52. The molecule has 4 heteroatoms. The summed E-state index contributed by atoms with van der Waals surface area (Å²) in [6.07, 6.45) is 1.76. The SMILES string of the molecule is COc1c(Cl)ccc(F)c1CC1CCNC1. The van der Waals surface area contributed by atoms with E-state index in [1.807, 2.05) is 0 Å². The summed E-state index contributed by atoms with van der Waals surface area (Å²) in [5.74, 6) is 0.726. The van der Waals surface area contributed by atoms with Gasteiger partial charge in [-0.2, -0.15) is 0 Å². The molecule has 1 heterocycles. The molecule has 1 N–H and O–H groups in total. The van der Waals surface area contributed by atoms with E-state index in [4.69, 9.17) is 16.3 Å². The van der Waals surface area contributed by atoms with E-state index < -0.39 is 0 Å². The van der Waals surface area contributed by atoms with Crippen molar-refractivity contribution in [1.82, 2.24) is 5.32 Å². The minimum absolute atomic E-state index is 0.229. The Kier molecular flexibility index (Phi) is 3.66. The van der Waals surface area contributed by atoms with Gasteiger partial charge in [-0.15, -0.1) is 0 Å².